The lowest BCUT2D eigenvalue weighted by molar-refractivity contribution is -0.152. The molecule has 20 heavy (non-hydrogen) atoms. The fraction of sp³-hybridized carbons (Fsp3) is 0.833. The smallest absolute Gasteiger partial charge is 0.164 e. The van der Waals surface area contributed by atoms with E-state index < -0.39 is 5.60 Å². The van der Waals surface area contributed by atoms with Gasteiger partial charge in [0.15, 0.2) is 5.78 Å². The van der Waals surface area contributed by atoms with Gasteiger partial charge in [0, 0.05) is 13.0 Å². The van der Waals surface area contributed by atoms with Gasteiger partial charge in [-0.25, -0.2) is 0 Å². The second-order valence-electron chi connectivity index (χ2n) is 6.90. The van der Waals surface area contributed by atoms with Crippen LogP contribution in [0.25, 0.3) is 0 Å². The largest absolute Gasteiger partial charge is 0.368 e. The van der Waals surface area contributed by atoms with Crippen molar-refractivity contribution in [1.82, 2.24) is 0 Å². The van der Waals surface area contributed by atoms with E-state index in [1.165, 1.54) is 0 Å². The highest BCUT2D eigenvalue weighted by Gasteiger charge is 2.43. The summed E-state index contributed by atoms with van der Waals surface area (Å²) in [6.45, 7) is 11.0. The van der Waals surface area contributed by atoms with Crippen LogP contribution in [0, 0.1) is 5.41 Å². The third kappa shape index (κ3) is 5.05. The molecule has 0 radical (unpaired) electrons. The summed E-state index contributed by atoms with van der Waals surface area (Å²) in [6, 6.07) is 0. The SMILES string of the molecule is C=CCCCCCC(=O)C1(OCC)CCC(C)(C)CC1. The predicted octanol–water partition coefficient (Wildman–Crippen LogP) is 5.07. The second-order valence-corrected chi connectivity index (χ2v) is 6.90. The number of carbonyl (C=O) groups is 1. The van der Waals surface area contributed by atoms with Crippen molar-refractivity contribution in [3.05, 3.63) is 12.7 Å². The molecule has 0 amide bonds. The highest BCUT2D eigenvalue weighted by Crippen LogP contribution is 2.43. The lowest BCUT2D eigenvalue weighted by Gasteiger charge is -2.42. The van der Waals surface area contributed by atoms with Gasteiger partial charge in [0.2, 0.25) is 0 Å². The first-order valence-electron chi connectivity index (χ1n) is 8.24. The van der Waals surface area contributed by atoms with E-state index in [1.807, 2.05) is 13.0 Å². The van der Waals surface area contributed by atoms with Gasteiger partial charge in [-0.05, 0) is 57.3 Å². The average Bonchev–Trinajstić information content (AvgIpc) is 2.41. The Morgan fingerprint density at radius 1 is 1.15 bits per heavy atom. The maximum Gasteiger partial charge on any atom is 0.164 e. The zero-order chi connectivity index (χ0) is 15.1. The molecule has 0 aromatic heterocycles. The van der Waals surface area contributed by atoms with Crippen molar-refractivity contribution in [2.45, 2.75) is 84.2 Å². The van der Waals surface area contributed by atoms with Crippen molar-refractivity contribution in [1.29, 1.82) is 0 Å². The third-order valence-corrected chi connectivity index (χ3v) is 4.65. The van der Waals surface area contributed by atoms with Crippen molar-refractivity contribution in [2.24, 2.45) is 5.41 Å². The van der Waals surface area contributed by atoms with Gasteiger partial charge in [-0.15, -0.1) is 6.58 Å². The molecule has 1 fully saturated rings. The summed E-state index contributed by atoms with van der Waals surface area (Å²) < 4.78 is 5.94. The number of allylic oxidation sites excluding steroid dienone is 1. The number of rotatable bonds is 9. The number of hydrogen-bond acceptors (Lipinski definition) is 2. The van der Waals surface area contributed by atoms with Crippen LogP contribution in [0.2, 0.25) is 0 Å². The maximum absolute atomic E-state index is 12.6. The quantitative estimate of drug-likeness (QED) is 0.435. The Morgan fingerprint density at radius 3 is 2.35 bits per heavy atom. The highest BCUT2D eigenvalue weighted by molar-refractivity contribution is 5.87. The Hall–Kier alpha value is -0.630. The van der Waals surface area contributed by atoms with Gasteiger partial charge in [-0.2, -0.15) is 0 Å². The van der Waals surface area contributed by atoms with Crippen molar-refractivity contribution < 1.29 is 9.53 Å². The molecule has 0 aliphatic heterocycles. The fourth-order valence-corrected chi connectivity index (χ4v) is 3.09. The molecular weight excluding hydrogens is 248 g/mol. The molecule has 116 valence electrons. The summed E-state index contributed by atoms with van der Waals surface area (Å²) in [6.07, 6.45) is 10.9. The number of hydrogen-bond donors (Lipinski definition) is 0. The number of ketones is 1. The molecule has 0 N–H and O–H groups in total. The van der Waals surface area contributed by atoms with E-state index >= 15 is 0 Å². The van der Waals surface area contributed by atoms with Gasteiger partial charge in [0.1, 0.15) is 5.60 Å². The minimum absolute atomic E-state index is 0.341. The molecule has 1 saturated carbocycles. The van der Waals surface area contributed by atoms with Crippen molar-refractivity contribution in [2.75, 3.05) is 6.61 Å². The number of unbranched alkanes of at least 4 members (excludes halogenated alkanes) is 3. The first kappa shape index (κ1) is 17.4. The van der Waals surface area contributed by atoms with E-state index in [-0.39, 0.29) is 0 Å². The Kier molecular flexibility index (Phi) is 6.94. The van der Waals surface area contributed by atoms with Crippen LogP contribution in [-0.4, -0.2) is 18.0 Å². The highest BCUT2D eigenvalue weighted by atomic mass is 16.5. The fourth-order valence-electron chi connectivity index (χ4n) is 3.09. The molecule has 1 aliphatic carbocycles. The molecule has 0 aromatic rings. The zero-order valence-electron chi connectivity index (χ0n) is 13.7. The topological polar surface area (TPSA) is 26.3 Å². The lowest BCUT2D eigenvalue weighted by atomic mass is 9.69. The molecule has 0 spiro atoms. The first-order chi connectivity index (χ1) is 9.46. The molecule has 0 heterocycles. The standard InChI is InChI=1S/C18H32O2/c1-5-7-8-9-10-11-16(19)18(20-6-2)14-12-17(3,4)13-15-18/h5H,1,6-15H2,2-4H3. The van der Waals surface area contributed by atoms with Crippen LogP contribution >= 0.6 is 0 Å². The zero-order valence-corrected chi connectivity index (χ0v) is 13.7. The van der Waals surface area contributed by atoms with Crippen molar-refractivity contribution in [3.63, 3.8) is 0 Å². The molecular formula is C18H32O2. The monoisotopic (exact) mass is 280 g/mol. The maximum atomic E-state index is 12.6. The summed E-state index contributed by atoms with van der Waals surface area (Å²) in [4.78, 5) is 12.6. The van der Waals surface area contributed by atoms with Gasteiger partial charge in [0.05, 0.1) is 0 Å². The van der Waals surface area contributed by atoms with Gasteiger partial charge in [-0.1, -0.05) is 26.3 Å². The molecule has 1 aliphatic rings. The molecule has 1 rings (SSSR count). The van der Waals surface area contributed by atoms with Crippen LogP contribution in [0.5, 0.6) is 0 Å². The molecule has 2 nitrogen and oxygen atoms in total. The number of carbonyl (C=O) groups excluding carboxylic acids is 1. The molecule has 2 heteroatoms. The minimum Gasteiger partial charge on any atom is -0.368 e. The number of ether oxygens (including phenoxy) is 1. The van der Waals surface area contributed by atoms with Crippen LogP contribution in [0.3, 0.4) is 0 Å². The van der Waals surface area contributed by atoms with E-state index in [9.17, 15) is 4.79 Å². The normalized spacial score (nSPS) is 20.6. The molecule has 0 unspecified atom stereocenters. The Bertz CT molecular complexity index is 307. The summed E-state index contributed by atoms with van der Waals surface area (Å²) in [5, 5.41) is 0. The van der Waals surface area contributed by atoms with Crippen molar-refractivity contribution in [3.8, 4) is 0 Å². The van der Waals surface area contributed by atoms with E-state index in [4.69, 9.17) is 4.74 Å². The number of Topliss-reactive ketones (excluding diaryl/α,β-unsaturated/α-hetero) is 1. The van der Waals surface area contributed by atoms with E-state index in [1.54, 1.807) is 0 Å². The summed E-state index contributed by atoms with van der Waals surface area (Å²) in [7, 11) is 0. The molecule has 0 saturated heterocycles. The van der Waals surface area contributed by atoms with E-state index in [0.29, 0.717) is 24.2 Å². The van der Waals surface area contributed by atoms with Crippen molar-refractivity contribution >= 4 is 5.78 Å². The summed E-state index contributed by atoms with van der Waals surface area (Å²) in [5.41, 5.74) is -0.104. The minimum atomic E-state index is -0.470. The molecule has 0 aromatic carbocycles. The third-order valence-electron chi connectivity index (χ3n) is 4.65. The van der Waals surface area contributed by atoms with Crippen LogP contribution in [0.4, 0.5) is 0 Å². The van der Waals surface area contributed by atoms with E-state index in [0.717, 1.165) is 51.4 Å². The van der Waals surface area contributed by atoms with Gasteiger partial charge in [0.25, 0.3) is 0 Å². The average molecular weight is 280 g/mol. The molecule has 0 bridgehead atoms. The van der Waals surface area contributed by atoms with Crippen LogP contribution in [0.1, 0.15) is 78.6 Å². The Morgan fingerprint density at radius 2 is 1.80 bits per heavy atom. The Balaban J connectivity index is 2.48. The van der Waals surface area contributed by atoms with Crippen LogP contribution < -0.4 is 0 Å². The van der Waals surface area contributed by atoms with Gasteiger partial charge >= 0.3 is 0 Å². The first-order valence-corrected chi connectivity index (χ1v) is 8.24. The van der Waals surface area contributed by atoms with Crippen LogP contribution in [0.15, 0.2) is 12.7 Å². The van der Waals surface area contributed by atoms with E-state index in [2.05, 4.69) is 20.4 Å². The summed E-state index contributed by atoms with van der Waals surface area (Å²) >= 11 is 0. The van der Waals surface area contributed by atoms with Crippen LogP contribution in [-0.2, 0) is 9.53 Å². The lowest BCUT2D eigenvalue weighted by Crippen LogP contribution is -2.46. The summed E-state index contributed by atoms with van der Waals surface area (Å²) in [5.74, 6) is 0.341. The molecule has 0 atom stereocenters. The van der Waals surface area contributed by atoms with Gasteiger partial charge < -0.3 is 4.74 Å². The Labute approximate surface area is 125 Å². The predicted molar refractivity (Wildman–Crippen MR) is 84.9 cm³/mol. The van der Waals surface area contributed by atoms with Gasteiger partial charge in [-0.3, -0.25) is 4.79 Å². The second kappa shape index (κ2) is 7.97.